The number of ether oxygens (including phenoxy) is 2. The lowest BCUT2D eigenvalue weighted by Crippen LogP contribution is -2.14. The molecule has 0 aliphatic heterocycles. The van der Waals surface area contributed by atoms with Gasteiger partial charge in [0, 0.05) is 19.0 Å². The van der Waals surface area contributed by atoms with Crippen molar-refractivity contribution in [3.8, 4) is 17.1 Å². The summed E-state index contributed by atoms with van der Waals surface area (Å²) in [7, 11) is 1.64. The quantitative estimate of drug-likeness (QED) is 0.419. The minimum atomic E-state index is 0.521. The van der Waals surface area contributed by atoms with E-state index >= 15 is 0 Å². The molecule has 0 atom stereocenters. The van der Waals surface area contributed by atoms with E-state index in [1.807, 2.05) is 18.2 Å². The van der Waals surface area contributed by atoms with Crippen LogP contribution in [0.25, 0.3) is 22.3 Å². The molecule has 9 heteroatoms. The second kappa shape index (κ2) is 8.25. The molecule has 132 valence electrons. The highest BCUT2D eigenvalue weighted by molar-refractivity contribution is 5.92. The smallest absolute Gasteiger partial charge is 0.207 e. The Morgan fingerprint density at radius 3 is 3.12 bits per heavy atom. The van der Waals surface area contributed by atoms with E-state index in [1.165, 1.54) is 0 Å². The number of carbonyl (C=O) groups excluding carboxylic acids is 1. The number of aromatic amines is 1. The lowest BCUT2D eigenvalue weighted by Gasteiger charge is -2.06. The molecule has 1 amide bonds. The number of benzene rings is 1. The van der Waals surface area contributed by atoms with Gasteiger partial charge in [-0.25, -0.2) is 0 Å². The summed E-state index contributed by atoms with van der Waals surface area (Å²) < 4.78 is 10.8. The number of hydrogen-bond donors (Lipinski definition) is 2. The number of aromatic nitrogens is 5. The summed E-state index contributed by atoms with van der Waals surface area (Å²) in [6, 6.07) is 5.72. The van der Waals surface area contributed by atoms with Gasteiger partial charge >= 0.3 is 0 Å². The second-order valence-electron chi connectivity index (χ2n) is 5.37. The van der Waals surface area contributed by atoms with Crippen molar-refractivity contribution in [2.24, 2.45) is 0 Å². The highest BCUT2D eigenvalue weighted by Crippen LogP contribution is 2.27. The summed E-state index contributed by atoms with van der Waals surface area (Å²) in [5, 5.41) is 19.5. The third-order valence-electron chi connectivity index (χ3n) is 3.63. The number of nitrogens with one attached hydrogen (secondary N) is 2. The van der Waals surface area contributed by atoms with Crippen molar-refractivity contribution in [1.82, 2.24) is 30.5 Å². The molecule has 25 heavy (non-hydrogen) atoms. The van der Waals surface area contributed by atoms with Crippen molar-refractivity contribution >= 4 is 17.3 Å². The van der Waals surface area contributed by atoms with Gasteiger partial charge in [0.15, 0.2) is 0 Å². The van der Waals surface area contributed by atoms with Gasteiger partial charge < -0.3 is 14.8 Å². The summed E-state index contributed by atoms with van der Waals surface area (Å²) in [4.78, 5) is 11.8. The van der Waals surface area contributed by atoms with Crippen LogP contribution in [0.5, 0.6) is 5.75 Å². The molecule has 2 N–H and O–H groups in total. The van der Waals surface area contributed by atoms with Crippen LogP contribution < -0.4 is 10.1 Å². The molecule has 0 aliphatic rings. The maximum absolute atomic E-state index is 10.2. The topological polar surface area (TPSA) is 107 Å². The zero-order valence-electron chi connectivity index (χ0n) is 13.9. The first-order valence-electron chi connectivity index (χ1n) is 7.99. The fraction of sp³-hybridized carbons (Fsp3) is 0.375. The number of carbonyl (C=O) groups is 1. The largest absolute Gasteiger partial charge is 0.494 e. The Morgan fingerprint density at radius 1 is 1.36 bits per heavy atom. The van der Waals surface area contributed by atoms with E-state index in [9.17, 15) is 4.79 Å². The summed E-state index contributed by atoms with van der Waals surface area (Å²) in [5.74, 6) is 0.744. The van der Waals surface area contributed by atoms with Crippen molar-refractivity contribution in [2.45, 2.75) is 13.0 Å². The SMILES string of the molecule is COCCn1ncc(-c2n[nH]c3ccc(OCCCNC=O)cc23)n1. The third kappa shape index (κ3) is 4.13. The predicted octanol–water partition coefficient (Wildman–Crippen LogP) is 0.983. The van der Waals surface area contributed by atoms with E-state index in [1.54, 1.807) is 18.1 Å². The Labute approximate surface area is 144 Å². The van der Waals surface area contributed by atoms with Gasteiger partial charge in [0.2, 0.25) is 6.41 Å². The molecule has 0 saturated carbocycles. The Morgan fingerprint density at radius 2 is 2.28 bits per heavy atom. The van der Waals surface area contributed by atoms with Gasteiger partial charge in [-0.1, -0.05) is 0 Å². The standard InChI is InChI=1S/C16H20N6O3/c1-24-8-6-22-18-10-15(21-22)16-13-9-12(3-4-14(13)19-20-16)25-7-2-5-17-11-23/h3-4,9-11H,2,5-8H2,1H3,(H,17,23)(H,19,20). The van der Waals surface area contributed by atoms with E-state index in [0.717, 1.165) is 28.8 Å². The van der Waals surface area contributed by atoms with Crippen molar-refractivity contribution in [1.29, 1.82) is 0 Å². The molecular weight excluding hydrogens is 324 g/mol. The first kappa shape index (κ1) is 16.9. The zero-order valence-corrected chi connectivity index (χ0v) is 13.9. The first-order valence-corrected chi connectivity index (χ1v) is 7.99. The van der Waals surface area contributed by atoms with Gasteiger partial charge in [-0.05, 0) is 24.6 Å². The van der Waals surface area contributed by atoms with E-state index < -0.39 is 0 Å². The fourth-order valence-corrected chi connectivity index (χ4v) is 2.39. The molecule has 9 nitrogen and oxygen atoms in total. The van der Waals surface area contributed by atoms with Gasteiger partial charge in [-0.15, -0.1) is 0 Å². The Bertz CT molecular complexity index is 828. The van der Waals surface area contributed by atoms with Crippen LogP contribution in [0.3, 0.4) is 0 Å². The van der Waals surface area contributed by atoms with Crippen LogP contribution in [0.1, 0.15) is 6.42 Å². The van der Waals surface area contributed by atoms with E-state index in [-0.39, 0.29) is 0 Å². The van der Waals surface area contributed by atoms with Gasteiger partial charge in [-0.2, -0.15) is 20.1 Å². The summed E-state index contributed by atoms with van der Waals surface area (Å²) in [6.07, 6.45) is 3.11. The highest BCUT2D eigenvalue weighted by Gasteiger charge is 2.13. The minimum Gasteiger partial charge on any atom is -0.494 e. The van der Waals surface area contributed by atoms with Gasteiger partial charge in [0.1, 0.15) is 17.1 Å². The molecule has 0 fully saturated rings. The van der Waals surface area contributed by atoms with E-state index in [4.69, 9.17) is 9.47 Å². The van der Waals surface area contributed by atoms with Crippen molar-refractivity contribution in [3.63, 3.8) is 0 Å². The van der Waals surface area contributed by atoms with Crippen molar-refractivity contribution < 1.29 is 14.3 Å². The number of methoxy groups -OCH3 is 1. The fourth-order valence-electron chi connectivity index (χ4n) is 2.39. The van der Waals surface area contributed by atoms with Crippen molar-refractivity contribution in [3.05, 3.63) is 24.4 Å². The second-order valence-corrected chi connectivity index (χ2v) is 5.37. The maximum atomic E-state index is 10.2. The zero-order chi connectivity index (χ0) is 17.5. The van der Waals surface area contributed by atoms with Crippen LogP contribution in [0, 0.1) is 0 Å². The average Bonchev–Trinajstić information content (AvgIpc) is 3.26. The van der Waals surface area contributed by atoms with Crippen LogP contribution >= 0.6 is 0 Å². The number of H-pyrrole nitrogens is 1. The van der Waals surface area contributed by atoms with Crippen LogP contribution in [-0.4, -0.2) is 58.5 Å². The number of rotatable bonds is 10. The Hall–Kier alpha value is -2.94. The van der Waals surface area contributed by atoms with Crippen molar-refractivity contribution in [2.75, 3.05) is 26.9 Å². The molecule has 1 aromatic carbocycles. The number of nitrogens with zero attached hydrogens (tertiary/aromatic N) is 4. The predicted molar refractivity (Wildman–Crippen MR) is 91.2 cm³/mol. The van der Waals surface area contributed by atoms with Gasteiger partial charge in [0.05, 0.1) is 31.5 Å². The van der Waals surface area contributed by atoms with Gasteiger partial charge in [0.25, 0.3) is 0 Å². The van der Waals surface area contributed by atoms with Crippen LogP contribution in [0.15, 0.2) is 24.4 Å². The highest BCUT2D eigenvalue weighted by atomic mass is 16.5. The molecule has 3 rings (SSSR count). The van der Waals surface area contributed by atoms with Crippen LogP contribution in [0.4, 0.5) is 0 Å². The molecule has 2 aromatic heterocycles. The summed E-state index contributed by atoms with van der Waals surface area (Å²) >= 11 is 0. The summed E-state index contributed by atoms with van der Waals surface area (Å²) in [5.41, 5.74) is 2.32. The summed E-state index contributed by atoms with van der Waals surface area (Å²) in [6.45, 7) is 2.24. The monoisotopic (exact) mass is 344 g/mol. The molecule has 3 aromatic rings. The third-order valence-corrected chi connectivity index (χ3v) is 3.63. The molecule has 0 saturated heterocycles. The Kier molecular flexibility index (Phi) is 5.57. The normalized spacial score (nSPS) is 10.9. The molecule has 2 heterocycles. The lowest BCUT2D eigenvalue weighted by molar-refractivity contribution is -0.109. The molecular formula is C16H20N6O3. The molecule has 0 aliphatic carbocycles. The molecule has 0 radical (unpaired) electrons. The van der Waals surface area contributed by atoms with Gasteiger partial charge in [-0.3, -0.25) is 9.89 Å². The molecule has 0 bridgehead atoms. The Balaban J connectivity index is 1.74. The van der Waals surface area contributed by atoms with E-state index in [0.29, 0.717) is 38.4 Å². The van der Waals surface area contributed by atoms with E-state index in [2.05, 4.69) is 25.7 Å². The first-order chi connectivity index (χ1) is 12.3. The van der Waals surface area contributed by atoms with Crippen LogP contribution in [-0.2, 0) is 16.1 Å². The van der Waals surface area contributed by atoms with Crippen LogP contribution in [0.2, 0.25) is 0 Å². The maximum Gasteiger partial charge on any atom is 0.207 e. The number of hydrogen-bond acceptors (Lipinski definition) is 6. The average molecular weight is 344 g/mol. The number of amides is 1. The number of fused-ring (bicyclic) bond motifs is 1. The molecule has 0 spiro atoms. The lowest BCUT2D eigenvalue weighted by atomic mass is 10.1. The minimum absolute atomic E-state index is 0.521. The molecule has 0 unspecified atom stereocenters.